The maximum Gasteiger partial charge on any atom is 0.160 e. The zero-order valence-corrected chi connectivity index (χ0v) is 22.8. The minimum atomic E-state index is 0.732. The predicted molar refractivity (Wildman–Crippen MR) is 178 cm³/mol. The fraction of sp³-hybridized carbons (Fsp3) is 0. The van der Waals surface area contributed by atoms with Crippen LogP contribution in [0, 0.1) is 0 Å². The van der Waals surface area contributed by atoms with Gasteiger partial charge in [0.2, 0.25) is 0 Å². The lowest BCUT2D eigenvalue weighted by Gasteiger charge is -2.14. The van der Waals surface area contributed by atoms with Gasteiger partial charge in [-0.15, -0.1) is 0 Å². The van der Waals surface area contributed by atoms with Crippen LogP contribution in [0.4, 0.5) is 0 Å². The number of hydrogen-bond donors (Lipinski definition) is 0. The van der Waals surface area contributed by atoms with Crippen LogP contribution in [0.2, 0.25) is 0 Å². The number of hydrogen-bond acceptors (Lipinski definition) is 2. The second-order valence-corrected chi connectivity index (χ2v) is 11.0. The first-order valence-electron chi connectivity index (χ1n) is 14.3. The van der Waals surface area contributed by atoms with Crippen LogP contribution in [0.5, 0.6) is 0 Å². The molecule has 0 unspecified atom stereocenters. The van der Waals surface area contributed by atoms with E-state index in [9.17, 15) is 0 Å². The number of para-hydroxylation sites is 1. The zero-order valence-electron chi connectivity index (χ0n) is 22.8. The van der Waals surface area contributed by atoms with E-state index < -0.39 is 0 Å². The average Bonchev–Trinajstić information content (AvgIpc) is 3.06. The lowest BCUT2D eigenvalue weighted by Crippen LogP contribution is -1.95. The van der Waals surface area contributed by atoms with Crippen LogP contribution in [0.25, 0.3) is 87.4 Å². The molecule has 1 heterocycles. The smallest absolute Gasteiger partial charge is 0.160 e. The Morgan fingerprint density at radius 1 is 0.333 bits per heavy atom. The highest BCUT2D eigenvalue weighted by molar-refractivity contribution is 6.32. The molecule has 0 radical (unpaired) electrons. The first-order chi connectivity index (χ1) is 20.8. The third-order valence-corrected chi connectivity index (χ3v) is 8.61. The van der Waals surface area contributed by atoms with Gasteiger partial charge in [0.1, 0.15) is 0 Å². The van der Waals surface area contributed by atoms with E-state index in [1.807, 2.05) is 12.1 Å². The van der Waals surface area contributed by atoms with Crippen LogP contribution in [0.1, 0.15) is 0 Å². The Kier molecular flexibility index (Phi) is 4.93. The van der Waals surface area contributed by atoms with Gasteiger partial charge in [0.15, 0.2) is 5.82 Å². The molecule has 0 amide bonds. The lowest BCUT2D eigenvalue weighted by molar-refractivity contribution is 1.23. The van der Waals surface area contributed by atoms with Crippen molar-refractivity contribution in [2.45, 2.75) is 0 Å². The highest BCUT2D eigenvalue weighted by atomic mass is 14.9. The van der Waals surface area contributed by atoms with Gasteiger partial charge < -0.3 is 0 Å². The van der Waals surface area contributed by atoms with Gasteiger partial charge in [-0.1, -0.05) is 133 Å². The highest BCUT2D eigenvalue weighted by Gasteiger charge is 2.15. The summed E-state index contributed by atoms with van der Waals surface area (Å²) in [5, 5.41) is 13.6. The summed E-state index contributed by atoms with van der Waals surface area (Å²) in [6.45, 7) is 0. The van der Waals surface area contributed by atoms with Crippen LogP contribution in [0.15, 0.2) is 146 Å². The van der Waals surface area contributed by atoms with Gasteiger partial charge >= 0.3 is 0 Å². The van der Waals surface area contributed by atoms with Crippen molar-refractivity contribution < 1.29 is 0 Å². The molecule has 0 spiro atoms. The monoisotopic (exact) mass is 532 g/mol. The second kappa shape index (κ2) is 8.95. The highest BCUT2D eigenvalue weighted by Crippen LogP contribution is 2.41. The van der Waals surface area contributed by atoms with Crippen LogP contribution >= 0.6 is 0 Å². The second-order valence-electron chi connectivity index (χ2n) is 11.0. The maximum absolute atomic E-state index is 5.18. The SMILES string of the molecule is c1ccc(-c2nc(-c3ccc4c(c3)c3ccccc3c3cccc5ccc6cccc4c6c53)nc3ccccc23)cc1. The zero-order chi connectivity index (χ0) is 27.6. The largest absolute Gasteiger partial charge is 0.228 e. The number of nitrogens with zero attached hydrogens (tertiary/aromatic N) is 2. The third-order valence-electron chi connectivity index (χ3n) is 8.61. The predicted octanol–water partition coefficient (Wildman–Crippen LogP) is 10.7. The molecule has 0 aliphatic heterocycles. The van der Waals surface area contributed by atoms with Crippen molar-refractivity contribution in [2.24, 2.45) is 0 Å². The van der Waals surface area contributed by atoms with Gasteiger partial charge in [-0.25, -0.2) is 9.97 Å². The Balaban J connectivity index is 1.44. The van der Waals surface area contributed by atoms with Gasteiger partial charge in [0.05, 0.1) is 11.2 Å². The summed E-state index contributed by atoms with van der Waals surface area (Å²) in [5.41, 5.74) is 3.99. The van der Waals surface area contributed by atoms with E-state index in [1.165, 1.54) is 53.9 Å². The summed E-state index contributed by atoms with van der Waals surface area (Å²) in [5.74, 6) is 0.732. The average molecular weight is 533 g/mol. The quantitative estimate of drug-likeness (QED) is 0.207. The topological polar surface area (TPSA) is 25.8 Å². The van der Waals surface area contributed by atoms with Crippen LogP contribution in [-0.4, -0.2) is 9.97 Å². The molecular weight excluding hydrogens is 508 g/mol. The van der Waals surface area contributed by atoms with Crippen molar-refractivity contribution in [3.05, 3.63) is 146 Å². The van der Waals surface area contributed by atoms with E-state index in [0.29, 0.717) is 0 Å². The minimum absolute atomic E-state index is 0.732. The van der Waals surface area contributed by atoms with Crippen LogP contribution < -0.4 is 0 Å². The molecule has 9 aromatic rings. The van der Waals surface area contributed by atoms with E-state index in [2.05, 4.69) is 133 Å². The molecule has 0 saturated carbocycles. The molecule has 0 saturated heterocycles. The molecule has 0 aliphatic rings. The van der Waals surface area contributed by atoms with Crippen molar-refractivity contribution in [2.75, 3.05) is 0 Å². The molecule has 2 nitrogen and oxygen atoms in total. The van der Waals surface area contributed by atoms with Gasteiger partial charge in [-0.2, -0.15) is 0 Å². The van der Waals surface area contributed by atoms with Crippen LogP contribution in [0.3, 0.4) is 0 Å². The van der Waals surface area contributed by atoms with Gasteiger partial charge in [0, 0.05) is 16.5 Å². The molecule has 0 N–H and O–H groups in total. The van der Waals surface area contributed by atoms with Crippen molar-refractivity contribution in [3.63, 3.8) is 0 Å². The van der Waals surface area contributed by atoms with E-state index in [1.54, 1.807) is 0 Å². The van der Waals surface area contributed by atoms with Gasteiger partial charge in [0.25, 0.3) is 0 Å². The molecule has 194 valence electrons. The number of benzene rings is 7. The van der Waals surface area contributed by atoms with Gasteiger partial charge in [-0.05, 0) is 66.0 Å². The van der Waals surface area contributed by atoms with Crippen LogP contribution in [-0.2, 0) is 0 Å². The summed E-state index contributed by atoms with van der Waals surface area (Å²) >= 11 is 0. The maximum atomic E-state index is 5.18. The summed E-state index contributed by atoms with van der Waals surface area (Å²) < 4.78 is 0. The number of aromatic nitrogens is 2. The third kappa shape index (κ3) is 3.39. The summed E-state index contributed by atoms with van der Waals surface area (Å²) in [6, 6.07) is 52.1. The summed E-state index contributed by atoms with van der Waals surface area (Å²) in [7, 11) is 0. The Morgan fingerprint density at radius 3 is 1.62 bits per heavy atom. The summed E-state index contributed by atoms with van der Waals surface area (Å²) in [4.78, 5) is 10.3. The fourth-order valence-electron chi connectivity index (χ4n) is 6.72. The van der Waals surface area contributed by atoms with Crippen molar-refractivity contribution in [1.82, 2.24) is 9.97 Å². The van der Waals surface area contributed by atoms with E-state index in [0.717, 1.165) is 33.5 Å². The molecule has 9 rings (SSSR count). The lowest BCUT2D eigenvalue weighted by atomic mass is 9.90. The minimum Gasteiger partial charge on any atom is -0.228 e. The fourth-order valence-corrected chi connectivity index (χ4v) is 6.72. The molecule has 0 bridgehead atoms. The molecular formula is C40H24N2. The van der Waals surface area contributed by atoms with E-state index in [4.69, 9.17) is 9.97 Å². The Labute approximate surface area is 242 Å². The molecule has 42 heavy (non-hydrogen) atoms. The normalized spacial score (nSPS) is 11.8. The Hall–Kier alpha value is -5.60. The first-order valence-corrected chi connectivity index (χ1v) is 14.3. The molecule has 8 aromatic carbocycles. The van der Waals surface area contributed by atoms with E-state index in [-0.39, 0.29) is 0 Å². The molecule has 0 atom stereocenters. The molecule has 2 heteroatoms. The number of rotatable bonds is 2. The van der Waals surface area contributed by atoms with Crippen molar-refractivity contribution in [3.8, 4) is 22.6 Å². The first kappa shape index (κ1) is 23.1. The molecule has 0 aliphatic carbocycles. The standard InChI is InChI=1S/C40H24N2/c1-2-10-27(11-3-1)39-34-16-6-7-19-36(34)41-40(42-39)28-22-23-31-33-18-9-13-26-21-20-25-12-8-17-32(37(25)38(26)33)29-14-4-5-15-30(29)35(31)24-28/h1-24H. The summed E-state index contributed by atoms with van der Waals surface area (Å²) in [6.07, 6.45) is 0. The Morgan fingerprint density at radius 2 is 0.905 bits per heavy atom. The van der Waals surface area contributed by atoms with E-state index >= 15 is 0 Å². The van der Waals surface area contributed by atoms with Crippen molar-refractivity contribution >= 4 is 64.8 Å². The van der Waals surface area contributed by atoms with Gasteiger partial charge in [-0.3, -0.25) is 0 Å². The Bertz CT molecular complexity index is 2510. The number of fused-ring (bicyclic) bond motifs is 6. The molecule has 1 aromatic heterocycles. The van der Waals surface area contributed by atoms with Crippen molar-refractivity contribution in [1.29, 1.82) is 0 Å². The molecule has 0 fully saturated rings.